The Morgan fingerprint density at radius 2 is 1.86 bits per heavy atom. The van der Waals surface area contributed by atoms with Crippen molar-refractivity contribution in [3.8, 4) is 0 Å². The summed E-state index contributed by atoms with van der Waals surface area (Å²) in [6, 6.07) is 10.5. The summed E-state index contributed by atoms with van der Waals surface area (Å²) in [5.41, 5.74) is 1.29. The molecule has 2 aliphatic rings. The molecule has 2 amide bonds. The Labute approximate surface area is 130 Å². The van der Waals surface area contributed by atoms with Gasteiger partial charge in [0.25, 0.3) is 0 Å². The van der Waals surface area contributed by atoms with Gasteiger partial charge in [0.2, 0.25) is 0 Å². The van der Waals surface area contributed by atoms with E-state index >= 15 is 0 Å². The minimum atomic E-state index is -0.161. The Balaban J connectivity index is 1.45. The van der Waals surface area contributed by atoms with Gasteiger partial charge in [0.05, 0.1) is 13.0 Å². The van der Waals surface area contributed by atoms with E-state index in [-0.39, 0.29) is 24.0 Å². The number of carbonyl (C=O) groups is 2. The van der Waals surface area contributed by atoms with Gasteiger partial charge in [0, 0.05) is 25.0 Å². The zero-order chi connectivity index (χ0) is 15.5. The van der Waals surface area contributed by atoms with Gasteiger partial charge in [-0.05, 0) is 24.8 Å². The van der Waals surface area contributed by atoms with Gasteiger partial charge in [-0.25, -0.2) is 4.79 Å². The predicted octanol–water partition coefficient (Wildman–Crippen LogP) is 2.14. The number of carbonyl (C=O) groups excluding carboxylic acids is 2. The molecule has 1 aliphatic heterocycles. The molecule has 1 N–H and O–H groups in total. The number of methoxy groups -OCH3 is 1. The van der Waals surface area contributed by atoms with E-state index in [1.165, 1.54) is 12.7 Å². The number of esters is 1. The van der Waals surface area contributed by atoms with Crippen molar-refractivity contribution in [2.75, 3.05) is 20.2 Å². The second kappa shape index (κ2) is 6.38. The number of ether oxygens (including phenoxy) is 1. The number of piperidine rings is 1. The molecule has 2 atom stereocenters. The SMILES string of the molecule is COC(=O)C1CCN(C(=O)NC2CC2c2ccccc2)CC1. The van der Waals surface area contributed by atoms with Crippen LogP contribution in [-0.4, -0.2) is 43.1 Å². The highest BCUT2D eigenvalue weighted by atomic mass is 16.5. The molecule has 0 radical (unpaired) electrons. The summed E-state index contributed by atoms with van der Waals surface area (Å²) in [4.78, 5) is 25.6. The predicted molar refractivity (Wildman–Crippen MR) is 82.4 cm³/mol. The van der Waals surface area contributed by atoms with Crippen LogP contribution in [0.15, 0.2) is 30.3 Å². The molecule has 118 valence electrons. The maximum atomic E-state index is 12.3. The zero-order valence-corrected chi connectivity index (χ0v) is 12.8. The number of benzene rings is 1. The van der Waals surface area contributed by atoms with Crippen LogP contribution in [0.5, 0.6) is 0 Å². The highest BCUT2D eigenvalue weighted by molar-refractivity contribution is 5.76. The Kier molecular flexibility index (Phi) is 4.32. The van der Waals surface area contributed by atoms with E-state index in [0.717, 1.165) is 6.42 Å². The smallest absolute Gasteiger partial charge is 0.317 e. The number of hydrogen-bond acceptors (Lipinski definition) is 3. The second-order valence-electron chi connectivity index (χ2n) is 6.09. The quantitative estimate of drug-likeness (QED) is 0.870. The van der Waals surface area contributed by atoms with E-state index < -0.39 is 0 Å². The fraction of sp³-hybridized carbons (Fsp3) is 0.529. The van der Waals surface area contributed by atoms with E-state index in [4.69, 9.17) is 4.74 Å². The molecule has 5 nitrogen and oxygen atoms in total. The van der Waals surface area contributed by atoms with E-state index in [9.17, 15) is 9.59 Å². The fourth-order valence-electron chi connectivity index (χ4n) is 3.16. The standard InChI is InChI=1S/C17H22N2O3/c1-22-16(20)13-7-9-19(10-8-13)17(21)18-15-11-14(15)12-5-3-2-4-6-12/h2-6,13-15H,7-11H2,1H3,(H,18,21). The number of amides is 2. The molecule has 1 heterocycles. The average Bonchev–Trinajstić information content (AvgIpc) is 3.34. The summed E-state index contributed by atoms with van der Waals surface area (Å²) in [7, 11) is 1.41. The van der Waals surface area contributed by atoms with Crippen LogP contribution in [0.2, 0.25) is 0 Å². The van der Waals surface area contributed by atoms with Crippen LogP contribution < -0.4 is 5.32 Å². The third-order valence-corrected chi connectivity index (χ3v) is 4.64. The van der Waals surface area contributed by atoms with Gasteiger partial charge in [0.1, 0.15) is 0 Å². The Morgan fingerprint density at radius 1 is 1.18 bits per heavy atom. The van der Waals surface area contributed by atoms with Crippen LogP contribution in [0, 0.1) is 5.92 Å². The molecular weight excluding hydrogens is 280 g/mol. The van der Waals surface area contributed by atoms with Gasteiger partial charge in [-0.1, -0.05) is 30.3 Å². The summed E-state index contributed by atoms with van der Waals surface area (Å²) in [5, 5.41) is 3.10. The highest BCUT2D eigenvalue weighted by Gasteiger charge is 2.40. The largest absolute Gasteiger partial charge is 0.469 e. The Bertz CT molecular complexity index is 538. The van der Waals surface area contributed by atoms with Crippen molar-refractivity contribution in [2.45, 2.75) is 31.2 Å². The van der Waals surface area contributed by atoms with Crippen molar-refractivity contribution in [2.24, 2.45) is 5.92 Å². The first kappa shape index (κ1) is 14.9. The van der Waals surface area contributed by atoms with Crippen molar-refractivity contribution in [1.82, 2.24) is 10.2 Å². The van der Waals surface area contributed by atoms with Crippen molar-refractivity contribution in [3.05, 3.63) is 35.9 Å². The Morgan fingerprint density at radius 3 is 2.50 bits per heavy atom. The number of nitrogens with zero attached hydrogens (tertiary/aromatic N) is 1. The molecule has 22 heavy (non-hydrogen) atoms. The maximum absolute atomic E-state index is 12.3. The van der Waals surface area contributed by atoms with Crippen LogP contribution in [-0.2, 0) is 9.53 Å². The molecule has 5 heteroatoms. The van der Waals surface area contributed by atoms with Gasteiger partial charge >= 0.3 is 12.0 Å². The van der Waals surface area contributed by atoms with Crippen LogP contribution in [0.25, 0.3) is 0 Å². The monoisotopic (exact) mass is 302 g/mol. The third-order valence-electron chi connectivity index (χ3n) is 4.64. The van der Waals surface area contributed by atoms with E-state index in [1.807, 2.05) is 18.2 Å². The van der Waals surface area contributed by atoms with Crippen molar-refractivity contribution in [3.63, 3.8) is 0 Å². The van der Waals surface area contributed by atoms with Crippen LogP contribution >= 0.6 is 0 Å². The first-order chi connectivity index (χ1) is 10.7. The summed E-state index contributed by atoms with van der Waals surface area (Å²) in [6.07, 6.45) is 2.38. The molecule has 1 aromatic carbocycles. The molecule has 0 spiro atoms. The fourth-order valence-corrected chi connectivity index (χ4v) is 3.16. The minimum absolute atomic E-state index is 0.00764. The molecule has 1 aliphatic carbocycles. The van der Waals surface area contributed by atoms with Gasteiger partial charge in [-0.3, -0.25) is 4.79 Å². The molecule has 1 saturated heterocycles. The number of rotatable bonds is 3. The van der Waals surface area contributed by atoms with E-state index in [0.29, 0.717) is 31.8 Å². The van der Waals surface area contributed by atoms with E-state index in [2.05, 4.69) is 17.4 Å². The third kappa shape index (κ3) is 3.24. The van der Waals surface area contributed by atoms with Crippen molar-refractivity contribution < 1.29 is 14.3 Å². The molecule has 0 aromatic heterocycles. The number of hydrogen-bond donors (Lipinski definition) is 1. The summed E-state index contributed by atoms with van der Waals surface area (Å²) < 4.78 is 4.77. The molecule has 1 saturated carbocycles. The van der Waals surface area contributed by atoms with Gasteiger partial charge in [-0.2, -0.15) is 0 Å². The number of likely N-dealkylation sites (tertiary alicyclic amines) is 1. The zero-order valence-electron chi connectivity index (χ0n) is 12.8. The van der Waals surface area contributed by atoms with Crippen LogP contribution in [0.3, 0.4) is 0 Å². The van der Waals surface area contributed by atoms with Crippen LogP contribution in [0.4, 0.5) is 4.79 Å². The number of urea groups is 1. The number of nitrogens with one attached hydrogen (secondary N) is 1. The topological polar surface area (TPSA) is 58.6 Å². The highest BCUT2D eigenvalue weighted by Crippen LogP contribution is 2.40. The first-order valence-corrected chi connectivity index (χ1v) is 7.87. The van der Waals surface area contributed by atoms with Gasteiger partial charge < -0.3 is 15.0 Å². The maximum Gasteiger partial charge on any atom is 0.317 e. The van der Waals surface area contributed by atoms with Gasteiger partial charge in [-0.15, -0.1) is 0 Å². The first-order valence-electron chi connectivity index (χ1n) is 7.87. The van der Waals surface area contributed by atoms with Crippen molar-refractivity contribution in [1.29, 1.82) is 0 Å². The molecular formula is C17H22N2O3. The molecule has 2 unspecified atom stereocenters. The summed E-state index contributed by atoms with van der Waals surface area (Å²) in [6.45, 7) is 1.24. The molecule has 1 aromatic rings. The molecule has 2 fully saturated rings. The van der Waals surface area contributed by atoms with Crippen molar-refractivity contribution >= 4 is 12.0 Å². The van der Waals surface area contributed by atoms with E-state index in [1.54, 1.807) is 4.90 Å². The lowest BCUT2D eigenvalue weighted by Gasteiger charge is -2.30. The minimum Gasteiger partial charge on any atom is -0.469 e. The average molecular weight is 302 g/mol. The lowest BCUT2D eigenvalue weighted by atomic mass is 9.97. The molecule has 0 bridgehead atoms. The van der Waals surface area contributed by atoms with Gasteiger partial charge in [0.15, 0.2) is 0 Å². The summed E-state index contributed by atoms with van der Waals surface area (Å²) in [5.74, 6) is 0.219. The lowest BCUT2D eigenvalue weighted by molar-refractivity contribution is -0.146. The molecule has 3 rings (SSSR count). The van der Waals surface area contributed by atoms with Crippen LogP contribution in [0.1, 0.15) is 30.7 Å². The summed E-state index contributed by atoms with van der Waals surface area (Å²) >= 11 is 0. The second-order valence-corrected chi connectivity index (χ2v) is 6.09. The normalized spacial score (nSPS) is 24.7. The lowest BCUT2D eigenvalue weighted by Crippen LogP contribution is -2.46. The Hall–Kier alpha value is -2.04.